The molecule has 196 valence electrons. The van der Waals surface area contributed by atoms with Gasteiger partial charge >= 0.3 is 12.0 Å². The van der Waals surface area contributed by atoms with E-state index in [4.69, 9.17) is 4.74 Å². The van der Waals surface area contributed by atoms with Gasteiger partial charge in [0.25, 0.3) is 5.69 Å². The molecule has 1 aliphatic heterocycles. The van der Waals surface area contributed by atoms with Crippen LogP contribution in [0.15, 0.2) is 53.5 Å². The highest BCUT2D eigenvalue weighted by molar-refractivity contribution is 14.1. The number of ketones is 1. The molecule has 37 heavy (non-hydrogen) atoms. The number of ether oxygens (including phenoxy) is 1. The molecule has 2 amide bonds. The van der Waals surface area contributed by atoms with Crippen molar-refractivity contribution in [3.8, 4) is 0 Å². The van der Waals surface area contributed by atoms with Crippen molar-refractivity contribution in [3.05, 3.63) is 73.3 Å². The van der Waals surface area contributed by atoms with Crippen LogP contribution < -0.4 is 5.32 Å². The Hall–Kier alpha value is -3.19. The third kappa shape index (κ3) is 7.41. The Morgan fingerprint density at radius 1 is 1.22 bits per heavy atom. The number of Topliss-reactive ketones (excluding diaryl/α,β-unsaturated/α-hetero) is 1. The fourth-order valence-electron chi connectivity index (χ4n) is 4.16. The van der Waals surface area contributed by atoms with Crippen LogP contribution in [0.4, 0.5) is 10.5 Å². The molecular weight excluding hydrogens is 591 g/mol. The molecule has 0 spiro atoms. The molecule has 0 saturated heterocycles. The van der Waals surface area contributed by atoms with E-state index in [1.807, 2.05) is 12.1 Å². The van der Waals surface area contributed by atoms with Crippen LogP contribution in [0.5, 0.6) is 0 Å². The number of aliphatic imine (C=N–C) groups is 1. The number of rotatable bonds is 11. The lowest BCUT2D eigenvalue weighted by molar-refractivity contribution is -0.385. The summed E-state index contributed by atoms with van der Waals surface area (Å²) in [6.45, 7) is 5.83. The van der Waals surface area contributed by atoms with Gasteiger partial charge < -0.3 is 15.0 Å². The zero-order chi connectivity index (χ0) is 27.1. The molecule has 1 heterocycles. The molecule has 2 aromatic carbocycles. The first-order valence-corrected chi connectivity index (χ1v) is 13.0. The van der Waals surface area contributed by atoms with Crippen molar-refractivity contribution in [3.63, 3.8) is 0 Å². The molecule has 10 nitrogen and oxygen atoms in total. The monoisotopic (exact) mass is 620 g/mol. The fourth-order valence-corrected chi connectivity index (χ4v) is 4.52. The van der Waals surface area contributed by atoms with Crippen LogP contribution in [-0.4, -0.2) is 59.1 Å². The maximum atomic E-state index is 13.1. The molecule has 11 heteroatoms. The Kier molecular flexibility index (Phi) is 9.86. The van der Waals surface area contributed by atoms with Gasteiger partial charge in [0.2, 0.25) is 0 Å². The van der Waals surface area contributed by atoms with Crippen molar-refractivity contribution in [2.45, 2.75) is 39.3 Å². The summed E-state index contributed by atoms with van der Waals surface area (Å²) in [6.07, 6.45) is 0.0874. The van der Waals surface area contributed by atoms with Gasteiger partial charge in [-0.2, -0.15) is 0 Å². The highest BCUT2D eigenvalue weighted by Gasteiger charge is 2.43. The highest BCUT2D eigenvalue weighted by atomic mass is 127. The van der Waals surface area contributed by atoms with Crippen LogP contribution in [0.1, 0.15) is 49.2 Å². The number of nitrogens with one attached hydrogen (secondary N) is 1. The fraction of sp³-hybridized carbons (Fsp3) is 0.385. The number of nitro groups is 1. The van der Waals surface area contributed by atoms with Gasteiger partial charge in [-0.25, -0.2) is 9.79 Å². The summed E-state index contributed by atoms with van der Waals surface area (Å²) in [5.74, 6) is -1.50. The first-order chi connectivity index (χ1) is 17.6. The SMILES string of the molecule is CC1=NC(=O)N(CCCNCC(=O)c2ccc(I)cc2)C(c2cccc([N+](=O)[O-])c2)C1C(=O)OC(C)C. The lowest BCUT2D eigenvalue weighted by Crippen LogP contribution is -2.48. The van der Waals surface area contributed by atoms with Crippen LogP contribution in [0.25, 0.3) is 0 Å². The number of benzene rings is 2. The Morgan fingerprint density at radius 3 is 2.57 bits per heavy atom. The third-order valence-electron chi connectivity index (χ3n) is 5.85. The van der Waals surface area contributed by atoms with Gasteiger partial charge in [0.1, 0.15) is 5.92 Å². The van der Waals surface area contributed by atoms with Gasteiger partial charge in [-0.05, 0) is 74.0 Å². The van der Waals surface area contributed by atoms with E-state index >= 15 is 0 Å². The molecule has 0 aliphatic carbocycles. The van der Waals surface area contributed by atoms with Gasteiger partial charge in [-0.15, -0.1) is 0 Å². The van der Waals surface area contributed by atoms with Crippen LogP contribution in [0.2, 0.25) is 0 Å². The number of amides is 2. The Morgan fingerprint density at radius 2 is 1.92 bits per heavy atom. The van der Waals surface area contributed by atoms with Gasteiger partial charge in [0.15, 0.2) is 5.78 Å². The zero-order valence-corrected chi connectivity index (χ0v) is 23.0. The molecule has 2 unspecified atom stereocenters. The van der Waals surface area contributed by atoms with E-state index < -0.39 is 28.9 Å². The maximum Gasteiger partial charge on any atom is 0.344 e. The second kappa shape index (κ2) is 12.9. The van der Waals surface area contributed by atoms with Gasteiger partial charge in [0.05, 0.1) is 23.6 Å². The quantitative estimate of drug-likeness (QED) is 0.0973. The lowest BCUT2D eigenvalue weighted by Gasteiger charge is -2.38. The molecule has 3 rings (SSSR count). The topological polar surface area (TPSA) is 131 Å². The van der Waals surface area contributed by atoms with E-state index in [-0.39, 0.29) is 30.7 Å². The number of carbonyl (C=O) groups excluding carboxylic acids is 3. The first-order valence-electron chi connectivity index (χ1n) is 11.9. The minimum Gasteiger partial charge on any atom is -0.462 e. The predicted molar refractivity (Wildman–Crippen MR) is 147 cm³/mol. The molecule has 0 saturated carbocycles. The Bertz CT molecular complexity index is 1200. The number of carbonyl (C=O) groups is 3. The second-order valence-electron chi connectivity index (χ2n) is 8.95. The summed E-state index contributed by atoms with van der Waals surface area (Å²) in [4.78, 5) is 54.8. The van der Waals surface area contributed by atoms with E-state index in [2.05, 4.69) is 32.9 Å². The van der Waals surface area contributed by atoms with E-state index in [1.54, 1.807) is 39.0 Å². The molecular formula is C26H29IN4O6. The maximum absolute atomic E-state index is 13.1. The van der Waals surface area contributed by atoms with Gasteiger partial charge in [-0.3, -0.25) is 19.7 Å². The van der Waals surface area contributed by atoms with E-state index in [1.165, 1.54) is 23.1 Å². The molecule has 2 aromatic rings. The standard InChI is InChI=1S/C26H29IN4O6/c1-16(2)37-25(33)23-17(3)29-26(34)30(24(23)19-6-4-7-21(14-19)31(35)36)13-5-12-28-15-22(32)18-8-10-20(27)11-9-18/h4,6-11,14,16,23-24,28H,5,12-13,15H2,1-3H3. The van der Waals surface area contributed by atoms with Gasteiger partial charge in [-0.1, -0.05) is 24.3 Å². The molecule has 0 fully saturated rings. The highest BCUT2D eigenvalue weighted by Crippen LogP contribution is 2.36. The minimum absolute atomic E-state index is 0.0448. The van der Waals surface area contributed by atoms with E-state index in [0.717, 1.165) is 3.57 Å². The second-order valence-corrected chi connectivity index (χ2v) is 10.2. The van der Waals surface area contributed by atoms with Crippen molar-refractivity contribution in [2.24, 2.45) is 10.9 Å². The number of hydrogen-bond donors (Lipinski definition) is 1. The Balaban J connectivity index is 1.76. The van der Waals surface area contributed by atoms with Crippen molar-refractivity contribution >= 4 is 51.8 Å². The minimum atomic E-state index is -0.905. The molecule has 0 aromatic heterocycles. The van der Waals surface area contributed by atoms with E-state index in [9.17, 15) is 24.5 Å². The predicted octanol–water partition coefficient (Wildman–Crippen LogP) is 4.57. The smallest absolute Gasteiger partial charge is 0.344 e. The number of esters is 1. The van der Waals surface area contributed by atoms with Gasteiger partial charge in [0, 0.05) is 33.5 Å². The summed E-state index contributed by atoms with van der Waals surface area (Å²) in [6, 6.07) is 11.9. The van der Waals surface area contributed by atoms with Crippen molar-refractivity contribution in [2.75, 3.05) is 19.6 Å². The number of non-ortho nitro benzene ring substituents is 1. The molecule has 0 radical (unpaired) electrons. The Labute approximate surface area is 228 Å². The number of hydrogen-bond acceptors (Lipinski definition) is 7. The van der Waals surface area contributed by atoms with Crippen molar-refractivity contribution in [1.29, 1.82) is 0 Å². The average Bonchev–Trinajstić information content (AvgIpc) is 2.84. The lowest BCUT2D eigenvalue weighted by atomic mass is 9.86. The average molecular weight is 620 g/mol. The molecule has 2 atom stereocenters. The number of halogens is 1. The van der Waals surface area contributed by atoms with Crippen LogP contribution in [0, 0.1) is 19.6 Å². The van der Waals surface area contributed by atoms with Crippen molar-refractivity contribution in [1.82, 2.24) is 10.2 Å². The summed E-state index contributed by atoms with van der Waals surface area (Å²) in [7, 11) is 0. The first kappa shape index (κ1) is 28.4. The normalized spacial score (nSPS) is 17.5. The molecule has 0 bridgehead atoms. The number of urea groups is 1. The number of nitro benzene ring substituents is 1. The summed E-state index contributed by atoms with van der Waals surface area (Å²) in [5, 5.41) is 14.5. The summed E-state index contributed by atoms with van der Waals surface area (Å²) >= 11 is 2.17. The van der Waals surface area contributed by atoms with E-state index in [0.29, 0.717) is 29.8 Å². The molecule has 1 aliphatic rings. The third-order valence-corrected chi connectivity index (χ3v) is 6.57. The summed E-state index contributed by atoms with van der Waals surface area (Å²) < 4.78 is 6.49. The summed E-state index contributed by atoms with van der Waals surface area (Å²) in [5.41, 5.74) is 1.21. The van der Waals surface area contributed by atoms with Crippen LogP contribution in [-0.2, 0) is 9.53 Å². The zero-order valence-electron chi connectivity index (χ0n) is 20.8. The largest absolute Gasteiger partial charge is 0.462 e. The number of nitrogens with zero attached hydrogens (tertiary/aromatic N) is 3. The van der Waals surface area contributed by atoms with Crippen LogP contribution >= 0.6 is 22.6 Å². The van der Waals surface area contributed by atoms with Crippen LogP contribution in [0.3, 0.4) is 0 Å². The molecule has 1 N–H and O–H groups in total. The van der Waals surface area contributed by atoms with Crippen molar-refractivity contribution < 1.29 is 24.0 Å².